The van der Waals surface area contributed by atoms with Crippen LogP contribution in [0.3, 0.4) is 0 Å². The van der Waals surface area contributed by atoms with E-state index in [4.69, 9.17) is 20.4 Å². The maximum absolute atomic E-state index is 12.8. The van der Waals surface area contributed by atoms with E-state index >= 15 is 0 Å². The van der Waals surface area contributed by atoms with Gasteiger partial charge in [-0.1, -0.05) is 6.07 Å². The summed E-state index contributed by atoms with van der Waals surface area (Å²) < 4.78 is 5.24. The molecule has 2 aromatic heterocycles. The third kappa shape index (κ3) is 4.49. The number of benzene rings is 2. The van der Waals surface area contributed by atoms with Crippen LogP contribution in [0.2, 0.25) is 0 Å². The fourth-order valence-corrected chi connectivity index (χ4v) is 4.11. The van der Waals surface area contributed by atoms with Gasteiger partial charge < -0.3 is 15.5 Å². The molecular weight excluding hydrogens is 414 g/mol. The molecule has 0 aliphatic carbocycles. The van der Waals surface area contributed by atoms with Gasteiger partial charge in [0.2, 0.25) is 0 Å². The summed E-state index contributed by atoms with van der Waals surface area (Å²) in [5.74, 6) is 1.40. The molecule has 0 radical (unpaired) electrons. The van der Waals surface area contributed by atoms with Crippen LogP contribution in [0.1, 0.15) is 17.0 Å². The molecule has 7 heteroatoms. The van der Waals surface area contributed by atoms with E-state index in [2.05, 4.69) is 9.88 Å². The van der Waals surface area contributed by atoms with Crippen molar-refractivity contribution in [1.82, 2.24) is 19.9 Å². The molecule has 0 amide bonds. The van der Waals surface area contributed by atoms with E-state index in [1.54, 1.807) is 7.11 Å². The zero-order valence-corrected chi connectivity index (χ0v) is 18.4. The maximum atomic E-state index is 12.8. The van der Waals surface area contributed by atoms with Gasteiger partial charge >= 0.3 is 0 Å². The second kappa shape index (κ2) is 8.88. The number of aromatic nitrogens is 3. The minimum absolute atomic E-state index is 0.0866. The standard InChI is InChI=1S/C26H25N5O2/c1-33-21-11-7-17(8-12-21)23-4-2-3-20(28-23)15-31-14-13-24-22(16-31)26(32)30-25(29-24)18-5-9-19(27)10-6-18/h2-12H,13-16,27H2,1H3,(H,29,30,32). The van der Waals surface area contributed by atoms with Crippen LogP contribution < -0.4 is 16.0 Å². The highest BCUT2D eigenvalue weighted by atomic mass is 16.5. The van der Waals surface area contributed by atoms with Gasteiger partial charge in [0.05, 0.1) is 29.8 Å². The van der Waals surface area contributed by atoms with Crippen molar-refractivity contribution in [1.29, 1.82) is 0 Å². The number of fused-ring (bicyclic) bond motifs is 1. The molecule has 0 saturated heterocycles. The summed E-state index contributed by atoms with van der Waals surface area (Å²) in [6.45, 7) is 2.04. The van der Waals surface area contributed by atoms with Crippen molar-refractivity contribution in [2.45, 2.75) is 19.5 Å². The Morgan fingerprint density at radius 2 is 1.76 bits per heavy atom. The number of nitrogens with two attached hydrogens (primary N) is 1. The molecule has 0 spiro atoms. The van der Waals surface area contributed by atoms with Crippen LogP contribution in [0.25, 0.3) is 22.6 Å². The molecule has 1 aliphatic heterocycles. The number of H-pyrrole nitrogens is 1. The third-order valence-electron chi connectivity index (χ3n) is 5.91. The lowest BCUT2D eigenvalue weighted by atomic mass is 10.1. The molecule has 2 aromatic carbocycles. The van der Waals surface area contributed by atoms with Gasteiger partial charge in [-0.2, -0.15) is 0 Å². The summed E-state index contributed by atoms with van der Waals surface area (Å²) in [6, 6.07) is 21.3. The monoisotopic (exact) mass is 439 g/mol. The summed E-state index contributed by atoms with van der Waals surface area (Å²) in [5, 5.41) is 0. The van der Waals surface area contributed by atoms with E-state index < -0.39 is 0 Å². The van der Waals surface area contributed by atoms with Crippen LogP contribution in [0, 0.1) is 0 Å². The van der Waals surface area contributed by atoms with Gasteiger partial charge in [-0.25, -0.2) is 4.98 Å². The fourth-order valence-electron chi connectivity index (χ4n) is 4.11. The first kappa shape index (κ1) is 20.9. The summed E-state index contributed by atoms with van der Waals surface area (Å²) in [5.41, 5.74) is 11.7. The van der Waals surface area contributed by atoms with Crippen molar-refractivity contribution >= 4 is 5.69 Å². The number of nitrogens with zero attached hydrogens (tertiary/aromatic N) is 3. The minimum Gasteiger partial charge on any atom is -0.497 e. The molecule has 166 valence electrons. The van der Waals surface area contributed by atoms with Crippen molar-refractivity contribution in [3.05, 3.63) is 94.0 Å². The van der Waals surface area contributed by atoms with Crippen molar-refractivity contribution in [3.8, 4) is 28.4 Å². The van der Waals surface area contributed by atoms with E-state index in [-0.39, 0.29) is 5.56 Å². The number of hydrogen-bond acceptors (Lipinski definition) is 6. The molecule has 5 rings (SSSR count). The predicted molar refractivity (Wildman–Crippen MR) is 129 cm³/mol. The smallest absolute Gasteiger partial charge is 0.255 e. The van der Waals surface area contributed by atoms with E-state index in [0.717, 1.165) is 52.5 Å². The van der Waals surface area contributed by atoms with E-state index in [0.29, 0.717) is 24.6 Å². The van der Waals surface area contributed by atoms with E-state index in [9.17, 15) is 4.79 Å². The number of aromatic amines is 1. The number of pyridine rings is 1. The Kier molecular flexibility index (Phi) is 5.62. The zero-order valence-electron chi connectivity index (χ0n) is 18.4. The van der Waals surface area contributed by atoms with Gasteiger partial charge in [0.25, 0.3) is 5.56 Å². The van der Waals surface area contributed by atoms with Crippen molar-refractivity contribution in [3.63, 3.8) is 0 Å². The van der Waals surface area contributed by atoms with Gasteiger partial charge in [0, 0.05) is 42.9 Å². The summed E-state index contributed by atoms with van der Waals surface area (Å²) in [7, 11) is 1.66. The van der Waals surface area contributed by atoms with Crippen molar-refractivity contribution in [2.24, 2.45) is 0 Å². The van der Waals surface area contributed by atoms with Crippen LogP contribution in [-0.2, 0) is 19.5 Å². The van der Waals surface area contributed by atoms with Gasteiger partial charge in [0.1, 0.15) is 11.6 Å². The van der Waals surface area contributed by atoms with Gasteiger partial charge in [-0.15, -0.1) is 0 Å². The van der Waals surface area contributed by atoms with Crippen molar-refractivity contribution < 1.29 is 4.74 Å². The first-order valence-electron chi connectivity index (χ1n) is 10.9. The Hall–Kier alpha value is -3.97. The summed E-state index contributed by atoms with van der Waals surface area (Å²) in [4.78, 5) is 27.6. The second-order valence-corrected chi connectivity index (χ2v) is 8.17. The molecule has 33 heavy (non-hydrogen) atoms. The normalized spacial score (nSPS) is 13.5. The van der Waals surface area contributed by atoms with Crippen LogP contribution in [-0.4, -0.2) is 33.5 Å². The highest BCUT2D eigenvalue weighted by Gasteiger charge is 2.22. The maximum Gasteiger partial charge on any atom is 0.255 e. The number of nitrogens with one attached hydrogen (secondary N) is 1. The molecule has 0 atom stereocenters. The van der Waals surface area contributed by atoms with Crippen molar-refractivity contribution in [2.75, 3.05) is 19.4 Å². The number of nitrogen functional groups attached to an aromatic ring is 1. The lowest BCUT2D eigenvalue weighted by molar-refractivity contribution is 0.239. The number of hydrogen-bond donors (Lipinski definition) is 2. The Balaban J connectivity index is 1.33. The number of methoxy groups -OCH3 is 1. The molecule has 3 heterocycles. The molecule has 4 aromatic rings. The van der Waals surface area contributed by atoms with Crippen LogP contribution >= 0.6 is 0 Å². The molecule has 0 fully saturated rings. The predicted octanol–water partition coefficient (Wildman–Crippen LogP) is 3.65. The molecule has 0 saturated carbocycles. The minimum atomic E-state index is -0.0866. The molecule has 0 bridgehead atoms. The number of ether oxygens (including phenoxy) is 1. The van der Waals surface area contributed by atoms with Crippen LogP contribution in [0.5, 0.6) is 5.75 Å². The number of rotatable bonds is 5. The van der Waals surface area contributed by atoms with Crippen LogP contribution in [0.15, 0.2) is 71.5 Å². The first-order valence-corrected chi connectivity index (χ1v) is 10.9. The fraction of sp³-hybridized carbons (Fsp3) is 0.192. The first-order chi connectivity index (χ1) is 16.1. The second-order valence-electron chi connectivity index (χ2n) is 8.17. The van der Waals surface area contributed by atoms with Gasteiger partial charge in [0.15, 0.2) is 0 Å². The molecular formula is C26H25N5O2. The lowest BCUT2D eigenvalue weighted by Crippen LogP contribution is -2.35. The van der Waals surface area contributed by atoms with Crippen LogP contribution in [0.4, 0.5) is 5.69 Å². The Morgan fingerprint density at radius 3 is 2.52 bits per heavy atom. The van der Waals surface area contributed by atoms with Gasteiger partial charge in [-0.05, 0) is 60.7 Å². The topological polar surface area (TPSA) is 97.1 Å². The quantitative estimate of drug-likeness (QED) is 0.461. The lowest BCUT2D eigenvalue weighted by Gasteiger charge is -2.27. The van der Waals surface area contributed by atoms with E-state index in [1.165, 1.54) is 0 Å². The summed E-state index contributed by atoms with van der Waals surface area (Å²) in [6.07, 6.45) is 0.722. The average Bonchev–Trinajstić information content (AvgIpc) is 2.85. The Labute approximate surface area is 191 Å². The Morgan fingerprint density at radius 1 is 1.00 bits per heavy atom. The third-order valence-corrected chi connectivity index (χ3v) is 5.91. The molecule has 1 aliphatic rings. The van der Waals surface area contributed by atoms with E-state index in [1.807, 2.05) is 66.7 Å². The number of anilines is 1. The molecule has 0 unspecified atom stereocenters. The average molecular weight is 440 g/mol. The molecule has 7 nitrogen and oxygen atoms in total. The molecule has 3 N–H and O–H groups in total. The van der Waals surface area contributed by atoms with Gasteiger partial charge in [-0.3, -0.25) is 14.7 Å². The zero-order chi connectivity index (χ0) is 22.8. The highest BCUT2D eigenvalue weighted by molar-refractivity contribution is 5.60. The highest BCUT2D eigenvalue weighted by Crippen LogP contribution is 2.23. The summed E-state index contributed by atoms with van der Waals surface area (Å²) >= 11 is 0. The SMILES string of the molecule is COc1ccc(-c2cccc(CN3CCc4nc(-c5ccc(N)cc5)[nH]c(=O)c4C3)n2)cc1. The largest absolute Gasteiger partial charge is 0.497 e. The Bertz CT molecular complexity index is 1330.